The predicted molar refractivity (Wildman–Crippen MR) is 339 cm³/mol. The second-order valence-corrected chi connectivity index (χ2v) is 25.3. The molecule has 0 aliphatic heterocycles. The van der Waals surface area contributed by atoms with E-state index < -0.39 is 0 Å². The molecule has 388 valence electrons. The van der Waals surface area contributed by atoms with Crippen LogP contribution in [-0.4, -0.2) is 4.57 Å². The Balaban J connectivity index is 0.904. The number of hydrogen-bond acceptors (Lipinski definition) is 2. The Labute approximate surface area is 473 Å². The molecule has 0 atom stereocenters. The maximum Gasteiger partial charge on any atom is 0.143 e. The molecule has 3 heteroatoms. The summed E-state index contributed by atoms with van der Waals surface area (Å²) in [5.41, 5.74) is 35.2. The summed E-state index contributed by atoms with van der Waals surface area (Å²) in [5, 5.41) is 4.81. The molecule has 0 unspecified atom stereocenters. The largest absolute Gasteiger partial charge is 0.455 e. The third-order valence-corrected chi connectivity index (χ3v) is 19.7. The molecule has 4 aliphatic rings. The van der Waals surface area contributed by atoms with Crippen LogP contribution in [0.3, 0.4) is 0 Å². The fourth-order valence-corrected chi connectivity index (χ4v) is 16.1. The Morgan fingerprint density at radius 2 is 1.00 bits per heavy atom. The molecule has 0 amide bonds. The van der Waals surface area contributed by atoms with Crippen molar-refractivity contribution >= 4 is 60.8 Å². The summed E-state index contributed by atoms with van der Waals surface area (Å²) in [6.07, 6.45) is 0.935. The number of benzene rings is 11. The number of furan rings is 1. The zero-order valence-electron chi connectivity index (χ0n) is 47.1. The minimum atomic E-state index is -0.344. The molecule has 3 nitrogen and oxygen atoms in total. The van der Waals surface area contributed by atoms with Gasteiger partial charge in [-0.1, -0.05) is 181 Å². The van der Waals surface area contributed by atoms with Crippen LogP contribution < -0.4 is 4.90 Å². The summed E-state index contributed by atoms with van der Waals surface area (Å²) in [6, 6.07) is 78.0. The van der Waals surface area contributed by atoms with E-state index in [0.717, 1.165) is 51.3 Å². The summed E-state index contributed by atoms with van der Waals surface area (Å²) in [5.74, 6) is 0. The SMILES string of the molecule is Cc1ccc(-c2cc3c(c4c2oc2ccccc24)-c2ccc(N(c4ccc5c(c4)C(C)(C)c4c-5c5c(c6c4C(C)(C)c4ccccc4-6)-c4ccccc4C5)c4ccc5c(c4)c4ccccc4n5-c4ccccc4)cc2C3(C)C)c(C)c1. The number of nitrogens with zero attached hydrogens (tertiary/aromatic N) is 2. The standard InChI is InChI=1S/C78H60N2O/c1-44-30-34-51(45(2)38-44)59-43-64-70(72-57-26-16-19-29-67(57)81-75(59)72)56-36-32-49(41-62(56)76(64,3)4)79(48-33-37-66-58(40-48)53-24-15-18-28-65(53)80(66)47-21-10-9-11-22-47)50-31-35-55-63(42-50)78(7,8)73-69(55)60-39-46-20-12-13-23-52(46)68(60)71-54-25-14-17-27-61(54)77(5,6)74(71)73/h9-38,40-43H,39H2,1-8H3. The van der Waals surface area contributed by atoms with Gasteiger partial charge in [-0.3, -0.25) is 0 Å². The van der Waals surface area contributed by atoms with Crippen LogP contribution in [0.25, 0.3) is 105 Å². The monoisotopic (exact) mass is 1040 g/mol. The van der Waals surface area contributed by atoms with Gasteiger partial charge in [0.15, 0.2) is 0 Å². The van der Waals surface area contributed by atoms with E-state index in [4.69, 9.17) is 4.42 Å². The lowest BCUT2D eigenvalue weighted by molar-refractivity contribution is 0.601. The predicted octanol–water partition coefficient (Wildman–Crippen LogP) is 20.9. The highest BCUT2D eigenvalue weighted by atomic mass is 16.3. The van der Waals surface area contributed by atoms with Gasteiger partial charge in [-0.05, 0) is 193 Å². The number of anilines is 3. The molecular weight excluding hydrogens is 981 g/mol. The van der Waals surface area contributed by atoms with Gasteiger partial charge < -0.3 is 13.9 Å². The van der Waals surface area contributed by atoms with E-state index in [0.29, 0.717) is 0 Å². The minimum Gasteiger partial charge on any atom is -0.455 e. The Hall–Kier alpha value is -9.18. The minimum absolute atomic E-state index is 0.187. The maximum atomic E-state index is 6.96. The summed E-state index contributed by atoms with van der Waals surface area (Å²) < 4.78 is 9.39. The molecular formula is C78H60N2O. The van der Waals surface area contributed by atoms with Crippen molar-refractivity contribution in [2.45, 2.75) is 78.1 Å². The van der Waals surface area contributed by atoms with Crippen LogP contribution >= 0.6 is 0 Å². The molecule has 0 saturated carbocycles. The van der Waals surface area contributed by atoms with Gasteiger partial charge in [-0.2, -0.15) is 0 Å². The van der Waals surface area contributed by atoms with E-state index in [-0.39, 0.29) is 16.2 Å². The molecule has 2 heterocycles. The van der Waals surface area contributed by atoms with Crippen LogP contribution in [0.4, 0.5) is 17.1 Å². The molecule has 0 saturated heterocycles. The highest BCUT2D eigenvalue weighted by molar-refractivity contribution is 6.19. The van der Waals surface area contributed by atoms with Gasteiger partial charge in [0.05, 0.1) is 11.0 Å². The highest BCUT2D eigenvalue weighted by Crippen LogP contribution is 2.65. The zero-order chi connectivity index (χ0) is 54.6. The lowest BCUT2D eigenvalue weighted by atomic mass is 9.71. The zero-order valence-corrected chi connectivity index (χ0v) is 47.1. The van der Waals surface area contributed by atoms with Crippen molar-refractivity contribution in [1.29, 1.82) is 0 Å². The molecule has 2 aromatic heterocycles. The van der Waals surface area contributed by atoms with Crippen LogP contribution in [-0.2, 0) is 22.7 Å². The van der Waals surface area contributed by atoms with Crippen molar-refractivity contribution < 1.29 is 4.42 Å². The van der Waals surface area contributed by atoms with Gasteiger partial charge in [0, 0.05) is 66.1 Å². The van der Waals surface area contributed by atoms with Gasteiger partial charge >= 0.3 is 0 Å². The van der Waals surface area contributed by atoms with Gasteiger partial charge in [0.25, 0.3) is 0 Å². The molecule has 81 heavy (non-hydrogen) atoms. The first kappa shape index (κ1) is 46.7. The van der Waals surface area contributed by atoms with E-state index >= 15 is 0 Å². The normalized spacial score (nSPS) is 15.2. The van der Waals surface area contributed by atoms with Gasteiger partial charge in [-0.25, -0.2) is 0 Å². The van der Waals surface area contributed by atoms with E-state index in [1.165, 1.54) is 133 Å². The first-order valence-electron chi connectivity index (χ1n) is 29.0. The van der Waals surface area contributed by atoms with Gasteiger partial charge in [-0.15, -0.1) is 0 Å². The maximum absolute atomic E-state index is 6.96. The fourth-order valence-electron chi connectivity index (χ4n) is 16.1. The number of fused-ring (bicyclic) bond motifs is 22. The van der Waals surface area contributed by atoms with Crippen LogP contribution in [0.1, 0.15) is 97.2 Å². The van der Waals surface area contributed by atoms with Crippen LogP contribution in [0, 0.1) is 13.8 Å². The molecule has 0 N–H and O–H groups in total. The van der Waals surface area contributed by atoms with Crippen molar-refractivity contribution in [3.63, 3.8) is 0 Å². The Kier molecular flexibility index (Phi) is 9.23. The highest BCUT2D eigenvalue weighted by Gasteiger charge is 2.50. The number of aryl methyl sites for hydroxylation is 2. The molecule has 0 spiro atoms. The number of rotatable bonds is 5. The summed E-state index contributed by atoms with van der Waals surface area (Å²) >= 11 is 0. The smallest absolute Gasteiger partial charge is 0.143 e. The summed E-state index contributed by atoms with van der Waals surface area (Å²) in [6.45, 7) is 19.2. The molecule has 17 rings (SSSR count). The first-order chi connectivity index (χ1) is 39.3. The van der Waals surface area contributed by atoms with Crippen molar-refractivity contribution in [3.05, 3.63) is 262 Å². The van der Waals surface area contributed by atoms with Crippen LogP contribution in [0.5, 0.6) is 0 Å². The van der Waals surface area contributed by atoms with Crippen molar-refractivity contribution in [3.8, 4) is 61.3 Å². The van der Waals surface area contributed by atoms with Crippen molar-refractivity contribution in [1.82, 2.24) is 4.57 Å². The number of aromatic nitrogens is 1. The Morgan fingerprint density at radius 1 is 0.407 bits per heavy atom. The van der Waals surface area contributed by atoms with E-state index in [1.807, 2.05) is 0 Å². The molecule has 0 fully saturated rings. The fraction of sp³-hybridized carbons (Fsp3) is 0.154. The molecule has 0 radical (unpaired) electrons. The summed E-state index contributed by atoms with van der Waals surface area (Å²) in [4.78, 5) is 2.56. The second-order valence-electron chi connectivity index (χ2n) is 25.3. The summed E-state index contributed by atoms with van der Waals surface area (Å²) in [7, 11) is 0. The topological polar surface area (TPSA) is 21.3 Å². The Morgan fingerprint density at radius 3 is 1.79 bits per heavy atom. The molecule has 0 bridgehead atoms. The van der Waals surface area contributed by atoms with Crippen LogP contribution in [0.2, 0.25) is 0 Å². The van der Waals surface area contributed by atoms with Gasteiger partial charge in [0.1, 0.15) is 11.2 Å². The number of para-hydroxylation sites is 3. The lowest BCUT2D eigenvalue weighted by Gasteiger charge is -2.32. The molecule has 11 aromatic carbocycles. The quantitative estimate of drug-likeness (QED) is 0.171. The second kappa shape index (κ2) is 16.0. The number of hydrogen-bond donors (Lipinski definition) is 0. The molecule has 4 aliphatic carbocycles. The molecule has 13 aromatic rings. The first-order valence-corrected chi connectivity index (χ1v) is 29.0. The van der Waals surface area contributed by atoms with E-state index in [9.17, 15) is 0 Å². The Bertz CT molecular complexity index is 4960. The van der Waals surface area contributed by atoms with Crippen LogP contribution in [0.15, 0.2) is 211 Å². The van der Waals surface area contributed by atoms with Gasteiger partial charge in [0.2, 0.25) is 0 Å². The average molecular weight is 1040 g/mol. The third kappa shape index (κ3) is 6.08. The van der Waals surface area contributed by atoms with E-state index in [2.05, 4.69) is 271 Å². The third-order valence-electron chi connectivity index (χ3n) is 19.7. The van der Waals surface area contributed by atoms with Crippen molar-refractivity contribution in [2.75, 3.05) is 4.90 Å². The van der Waals surface area contributed by atoms with E-state index in [1.54, 1.807) is 0 Å². The van der Waals surface area contributed by atoms with Crippen molar-refractivity contribution in [2.24, 2.45) is 0 Å². The average Bonchev–Trinajstić information content (AvgIpc) is 3.80. The lowest BCUT2D eigenvalue weighted by Crippen LogP contribution is -2.24.